The van der Waals surface area contributed by atoms with E-state index in [4.69, 9.17) is 4.84 Å². The molecule has 0 aromatic heterocycles. The fourth-order valence-corrected chi connectivity index (χ4v) is 2.06. The average molecular weight is 234 g/mol. The molecule has 2 rings (SSSR count). The lowest BCUT2D eigenvalue weighted by atomic mass is 9.90. The van der Waals surface area contributed by atoms with Crippen LogP contribution in [0.2, 0.25) is 0 Å². The summed E-state index contributed by atoms with van der Waals surface area (Å²) in [6, 6.07) is 6.57. The summed E-state index contributed by atoms with van der Waals surface area (Å²) in [5.41, 5.74) is 0.529. The van der Waals surface area contributed by atoms with Gasteiger partial charge in [0.05, 0.1) is 0 Å². The lowest BCUT2D eigenvalue weighted by Crippen LogP contribution is -2.07. The highest BCUT2D eigenvalue weighted by molar-refractivity contribution is 5.59. The highest BCUT2D eigenvalue weighted by atomic mass is 19.1. The Hall–Kier alpha value is -1.38. The maximum absolute atomic E-state index is 13.2. The molecule has 0 saturated heterocycles. The van der Waals surface area contributed by atoms with E-state index in [1.54, 1.807) is 18.2 Å². The standard InChI is InChI=1S/C14H17FNO/c15-14-9-5-4-8-13(14)11-17-16-10-12-6-2-1-3-7-12/h4-5,8-9,12H,1-3,6-7,11H2. The predicted molar refractivity (Wildman–Crippen MR) is 65.2 cm³/mol. The first-order valence-corrected chi connectivity index (χ1v) is 6.17. The normalized spacial score (nSPS) is 17.5. The summed E-state index contributed by atoms with van der Waals surface area (Å²) in [6.07, 6.45) is 9.10. The smallest absolute Gasteiger partial charge is 0.145 e. The third-order valence-corrected chi connectivity index (χ3v) is 3.08. The number of halogens is 1. The third-order valence-electron chi connectivity index (χ3n) is 3.08. The van der Waals surface area contributed by atoms with Crippen molar-refractivity contribution < 1.29 is 9.23 Å². The Morgan fingerprint density at radius 2 is 2.00 bits per heavy atom. The summed E-state index contributed by atoms with van der Waals surface area (Å²) < 4.78 is 13.2. The van der Waals surface area contributed by atoms with Crippen LogP contribution in [0.3, 0.4) is 0 Å². The van der Waals surface area contributed by atoms with Crippen LogP contribution in [0.15, 0.2) is 29.4 Å². The highest BCUT2D eigenvalue weighted by Crippen LogP contribution is 2.21. The molecule has 0 aliphatic heterocycles. The van der Waals surface area contributed by atoms with Gasteiger partial charge in [-0.05, 0) is 18.9 Å². The van der Waals surface area contributed by atoms with E-state index in [-0.39, 0.29) is 12.4 Å². The molecule has 0 bridgehead atoms. The largest absolute Gasteiger partial charge is 0.391 e. The Morgan fingerprint density at radius 3 is 2.76 bits per heavy atom. The molecule has 1 aliphatic rings. The Morgan fingerprint density at radius 1 is 1.24 bits per heavy atom. The number of hydrogen-bond acceptors (Lipinski definition) is 2. The van der Waals surface area contributed by atoms with Crippen molar-refractivity contribution in [3.8, 4) is 0 Å². The maximum Gasteiger partial charge on any atom is 0.145 e. The second kappa shape index (κ2) is 6.38. The van der Waals surface area contributed by atoms with Gasteiger partial charge in [-0.2, -0.15) is 0 Å². The van der Waals surface area contributed by atoms with E-state index in [1.807, 2.05) is 0 Å². The van der Waals surface area contributed by atoms with Gasteiger partial charge in [0, 0.05) is 11.5 Å². The topological polar surface area (TPSA) is 21.6 Å². The van der Waals surface area contributed by atoms with E-state index in [1.165, 1.54) is 25.3 Å². The van der Waals surface area contributed by atoms with Crippen LogP contribution < -0.4 is 0 Å². The van der Waals surface area contributed by atoms with Gasteiger partial charge in [-0.25, -0.2) is 4.39 Å². The summed E-state index contributed by atoms with van der Waals surface area (Å²) in [7, 11) is 0. The minimum atomic E-state index is -0.250. The van der Waals surface area contributed by atoms with Gasteiger partial charge in [-0.3, -0.25) is 0 Å². The first-order chi connectivity index (χ1) is 8.36. The lowest BCUT2D eigenvalue weighted by molar-refractivity contribution is 0.127. The van der Waals surface area contributed by atoms with Gasteiger partial charge in [0.15, 0.2) is 0 Å². The first kappa shape index (κ1) is 12.1. The molecular weight excluding hydrogens is 217 g/mol. The van der Waals surface area contributed by atoms with Gasteiger partial charge < -0.3 is 4.84 Å². The van der Waals surface area contributed by atoms with Crippen molar-refractivity contribution in [2.75, 3.05) is 0 Å². The van der Waals surface area contributed by atoms with E-state index in [2.05, 4.69) is 11.4 Å². The molecule has 0 N–H and O–H groups in total. The molecule has 0 unspecified atom stereocenters. The molecule has 0 atom stereocenters. The predicted octanol–water partition coefficient (Wildman–Crippen LogP) is 3.79. The molecule has 0 amide bonds. The molecule has 0 spiro atoms. The molecule has 1 radical (unpaired) electrons. The zero-order valence-electron chi connectivity index (χ0n) is 9.86. The molecule has 1 aromatic rings. The third kappa shape index (κ3) is 3.84. The molecule has 0 heterocycles. The van der Waals surface area contributed by atoms with Gasteiger partial charge in [-0.15, -0.1) is 0 Å². The summed E-state index contributed by atoms with van der Waals surface area (Å²) in [4.78, 5) is 5.08. The molecule has 3 heteroatoms. The Labute approximate surface area is 101 Å². The van der Waals surface area contributed by atoms with Gasteiger partial charge in [-0.1, -0.05) is 42.6 Å². The molecule has 17 heavy (non-hydrogen) atoms. The van der Waals surface area contributed by atoms with Crippen LogP contribution in [0.25, 0.3) is 0 Å². The van der Waals surface area contributed by atoms with E-state index in [9.17, 15) is 4.39 Å². The molecular formula is C14H17FNO. The summed E-state index contributed by atoms with van der Waals surface area (Å²) in [6.45, 7) is 0.173. The van der Waals surface area contributed by atoms with E-state index >= 15 is 0 Å². The summed E-state index contributed by atoms with van der Waals surface area (Å²) in [5.74, 6) is 0.171. The lowest BCUT2D eigenvalue weighted by Gasteiger charge is -2.15. The molecule has 91 valence electrons. The van der Waals surface area contributed by atoms with Crippen LogP contribution >= 0.6 is 0 Å². The van der Waals surface area contributed by atoms with Crippen LogP contribution in [0.5, 0.6) is 0 Å². The van der Waals surface area contributed by atoms with Gasteiger partial charge >= 0.3 is 0 Å². The van der Waals surface area contributed by atoms with E-state index in [0.717, 1.165) is 12.8 Å². The van der Waals surface area contributed by atoms with Crippen LogP contribution in [0, 0.1) is 11.7 Å². The summed E-state index contributed by atoms with van der Waals surface area (Å²) >= 11 is 0. The van der Waals surface area contributed by atoms with E-state index < -0.39 is 0 Å². The summed E-state index contributed by atoms with van der Waals surface area (Å²) in [5, 5.41) is 3.81. The molecule has 1 saturated carbocycles. The minimum absolute atomic E-state index is 0.173. The molecule has 2 nitrogen and oxygen atoms in total. The minimum Gasteiger partial charge on any atom is -0.391 e. The quantitative estimate of drug-likeness (QED) is 0.573. The van der Waals surface area contributed by atoms with Crippen LogP contribution in [-0.4, -0.2) is 6.21 Å². The van der Waals surface area contributed by atoms with Crippen molar-refractivity contribution in [1.29, 1.82) is 0 Å². The number of nitrogens with zero attached hydrogens (tertiary/aromatic N) is 1. The van der Waals surface area contributed by atoms with Crippen molar-refractivity contribution in [1.82, 2.24) is 0 Å². The van der Waals surface area contributed by atoms with Crippen molar-refractivity contribution in [2.45, 2.75) is 38.7 Å². The zero-order valence-corrected chi connectivity index (χ0v) is 9.86. The fraction of sp³-hybridized carbons (Fsp3) is 0.500. The number of benzene rings is 1. The van der Waals surface area contributed by atoms with Crippen molar-refractivity contribution in [2.24, 2.45) is 11.1 Å². The van der Waals surface area contributed by atoms with Gasteiger partial charge in [0.1, 0.15) is 18.6 Å². The van der Waals surface area contributed by atoms with Crippen molar-refractivity contribution >= 4 is 6.21 Å². The van der Waals surface area contributed by atoms with Gasteiger partial charge in [0.2, 0.25) is 0 Å². The molecule has 1 aliphatic carbocycles. The monoisotopic (exact) mass is 234 g/mol. The maximum atomic E-state index is 13.2. The fourth-order valence-electron chi connectivity index (χ4n) is 2.06. The van der Waals surface area contributed by atoms with E-state index in [0.29, 0.717) is 11.5 Å². The van der Waals surface area contributed by atoms with Gasteiger partial charge in [0.25, 0.3) is 0 Å². The number of hydrogen-bond donors (Lipinski definition) is 0. The highest BCUT2D eigenvalue weighted by Gasteiger charge is 2.11. The molecule has 1 aromatic carbocycles. The van der Waals surface area contributed by atoms with Crippen molar-refractivity contribution in [3.63, 3.8) is 0 Å². The van der Waals surface area contributed by atoms with Crippen molar-refractivity contribution in [3.05, 3.63) is 35.6 Å². The van der Waals surface area contributed by atoms with Crippen LogP contribution in [-0.2, 0) is 11.4 Å². The second-order valence-electron chi connectivity index (χ2n) is 4.42. The molecule has 1 fully saturated rings. The van der Waals surface area contributed by atoms with Crippen LogP contribution in [0.4, 0.5) is 4.39 Å². The van der Waals surface area contributed by atoms with Crippen LogP contribution in [0.1, 0.15) is 37.7 Å². The Kier molecular flexibility index (Phi) is 4.54. The average Bonchev–Trinajstić information content (AvgIpc) is 2.38. The Balaban J connectivity index is 1.75. The number of rotatable bonds is 4. The SMILES string of the molecule is Fc1ccccc1CO/N=[C]\C1CCCCC1. The first-order valence-electron chi connectivity index (χ1n) is 6.17. The zero-order chi connectivity index (χ0) is 11.9. The second-order valence-corrected chi connectivity index (χ2v) is 4.42. The Bertz CT molecular complexity index is 372.